The molecule has 1 aromatic carbocycles. The highest BCUT2D eigenvalue weighted by Crippen LogP contribution is 2.18. The van der Waals surface area contributed by atoms with Crippen molar-refractivity contribution in [1.82, 2.24) is 19.7 Å². The third-order valence-electron chi connectivity index (χ3n) is 3.10. The first-order valence-corrected chi connectivity index (χ1v) is 6.02. The van der Waals surface area contributed by atoms with Gasteiger partial charge in [0.05, 0.1) is 18.7 Å². The van der Waals surface area contributed by atoms with Gasteiger partial charge in [-0.1, -0.05) is 0 Å². The van der Waals surface area contributed by atoms with Gasteiger partial charge in [0.1, 0.15) is 17.8 Å². The molecule has 2 heterocycles. The Balaban J connectivity index is 2.07. The molecule has 3 aromatic rings. The summed E-state index contributed by atoms with van der Waals surface area (Å²) in [7, 11) is 3.36. The molecule has 0 aliphatic rings. The number of nitrogens with zero attached hydrogens (tertiary/aromatic N) is 4. The summed E-state index contributed by atoms with van der Waals surface area (Å²) in [5.74, 6) is 0.545. The van der Waals surface area contributed by atoms with E-state index in [9.17, 15) is 4.79 Å². The monoisotopic (exact) mass is 268 g/mol. The minimum atomic E-state index is -0.159. The molecule has 6 nitrogen and oxygen atoms in total. The summed E-state index contributed by atoms with van der Waals surface area (Å²) < 4.78 is 6.69. The number of carbonyl (C=O) groups excluding carboxylic acids is 1. The Labute approximate surface area is 115 Å². The van der Waals surface area contributed by atoms with Crippen molar-refractivity contribution in [3.8, 4) is 5.75 Å². The van der Waals surface area contributed by atoms with Gasteiger partial charge in [0.25, 0.3) is 0 Å². The second kappa shape index (κ2) is 4.73. The number of aromatic nitrogens is 4. The molecule has 0 amide bonds. The van der Waals surface area contributed by atoms with E-state index < -0.39 is 0 Å². The third kappa shape index (κ3) is 1.91. The van der Waals surface area contributed by atoms with Gasteiger partial charge in [0.15, 0.2) is 5.65 Å². The van der Waals surface area contributed by atoms with Crippen LogP contribution in [0.25, 0.3) is 11.0 Å². The fourth-order valence-corrected chi connectivity index (χ4v) is 2.02. The molecule has 20 heavy (non-hydrogen) atoms. The van der Waals surface area contributed by atoms with Crippen LogP contribution in [0.5, 0.6) is 5.75 Å². The molecule has 0 radical (unpaired) electrons. The molecular weight excluding hydrogens is 256 g/mol. The van der Waals surface area contributed by atoms with Crippen molar-refractivity contribution in [3.05, 3.63) is 48.0 Å². The van der Waals surface area contributed by atoms with Gasteiger partial charge < -0.3 is 4.74 Å². The number of aryl methyl sites for hydroxylation is 1. The Bertz CT molecular complexity index is 777. The number of benzene rings is 1. The molecule has 100 valence electrons. The van der Waals surface area contributed by atoms with Crippen LogP contribution in [0.3, 0.4) is 0 Å². The van der Waals surface area contributed by atoms with Gasteiger partial charge >= 0.3 is 0 Å². The Kier molecular flexibility index (Phi) is 2.90. The highest BCUT2D eigenvalue weighted by atomic mass is 16.5. The van der Waals surface area contributed by atoms with E-state index in [4.69, 9.17) is 4.74 Å². The molecule has 0 saturated carbocycles. The van der Waals surface area contributed by atoms with Gasteiger partial charge in [-0.2, -0.15) is 5.10 Å². The number of hydrogen-bond donors (Lipinski definition) is 0. The molecule has 0 fully saturated rings. The lowest BCUT2D eigenvalue weighted by molar-refractivity contribution is 0.103. The van der Waals surface area contributed by atoms with Crippen LogP contribution in [0.1, 0.15) is 16.1 Å². The van der Waals surface area contributed by atoms with E-state index in [0.29, 0.717) is 28.0 Å². The second-order valence-corrected chi connectivity index (χ2v) is 4.29. The van der Waals surface area contributed by atoms with Crippen LogP contribution in [0.4, 0.5) is 0 Å². The smallest absolute Gasteiger partial charge is 0.212 e. The predicted molar refractivity (Wildman–Crippen MR) is 72.7 cm³/mol. The van der Waals surface area contributed by atoms with Crippen molar-refractivity contribution in [2.45, 2.75) is 0 Å². The summed E-state index contributed by atoms with van der Waals surface area (Å²) in [5, 5.41) is 4.75. The number of methoxy groups -OCH3 is 1. The quantitative estimate of drug-likeness (QED) is 0.675. The fourth-order valence-electron chi connectivity index (χ4n) is 2.02. The van der Waals surface area contributed by atoms with E-state index in [1.165, 1.54) is 6.33 Å². The summed E-state index contributed by atoms with van der Waals surface area (Å²) in [4.78, 5) is 20.7. The molecule has 0 spiro atoms. The van der Waals surface area contributed by atoms with Gasteiger partial charge in [0.2, 0.25) is 5.78 Å². The molecule has 6 heteroatoms. The largest absolute Gasteiger partial charge is 0.497 e. The third-order valence-corrected chi connectivity index (χ3v) is 3.10. The van der Waals surface area contributed by atoms with Crippen LogP contribution < -0.4 is 4.74 Å². The number of ether oxygens (including phenoxy) is 1. The first-order valence-electron chi connectivity index (χ1n) is 6.02. The zero-order chi connectivity index (χ0) is 14.1. The number of rotatable bonds is 3. The molecule has 3 rings (SSSR count). The van der Waals surface area contributed by atoms with Crippen LogP contribution >= 0.6 is 0 Å². The van der Waals surface area contributed by atoms with Crippen molar-refractivity contribution in [3.63, 3.8) is 0 Å². The zero-order valence-corrected chi connectivity index (χ0v) is 11.1. The number of carbonyl (C=O) groups is 1. The van der Waals surface area contributed by atoms with Crippen LogP contribution in [-0.4, -0.2) is 32.6 Å². The molecule has 0 bridgehead atoms. The summed E-state index contributed by atoms with van der Waals surface area (Å²) in [6.45, 7) is 0. The lowest BCUT2D eigenvalue weighted by Crippen LogP contribution is -2.05. The van der Waals surface area contributed by atoms with Crippen molar-refractivity contribution in [1.29, 1.82) is 0 Å². The molecule has 2 aromatic heterocycles. The summed E-state index contributed by atoms with van der Waals surface area (Å²) in [6, 6.07) is 6.92. The lowest BCUT2D eigenvalue weighted by atomic mass is 10.1. The standard InChI is InChI=1S/C14H12N4O2/c1-18-14-11(7-17-18)12(15-8-16-14)13(19)9-3-5-10(20-2)6-4-9/h3-8H,1-2H3. The first-order chi connectivity index (χ1) is 9.70. The van der Waals surface area contributed by atoms with Gasteiger partial charge in [-0.3, -0.25) is 9.48 Å². The minimum absolute atomic E-state index is 0.159. The summed E-state index contributed by atoms with van der Waals surface area (Å²) >= 11 is 0. The Morgan fingerprint density at radius 3 is 2.65 bits per heavy atom. The average Bonchev–Trinajstić information content (AvgIpc) is 2.88. The lowest BCUT2D eigenvalue weighted by Gasteiger charge is -2.03. The predicted octanol–water partition coefficient (Wildman–Crippen LogP) is 1.60. The highest BCUT2D eigenvalue weighted by Gasteiger charge is 2.16. The van der Waals surface area contributed by atoms with Gasteiger partial charge in [0, 0.05) is 12.6 Å². The highest BCUT2D eigenvalue weighted by molar-refractivity contribution is 6.14. The second-order valence-electron chi connectivity index (χ2n) is 4.29. The molecule has 0 saturated heterocycles. The molecule has 0 N–H and O–H groups in total. The zero-order valence-electron chi connectivity index (χ0n) is 11.1. The van der Waals surface area contributed by atoms with E-state index in [2.05, 4.69) is 15.1 Å². The minimum Gasteiger partial charge on any atom is -0.497 e. The molecule has 0 aliphatic heterocycles. The molecule has 0 unspecified atom stereocenters. The Morgan fingerprint density at radius 1 is 1.20 bits per heavy atom. The van der Waals surface area contributed by atoms with E-state index in [0.717, 1.165) is 0 Å². The van der Waals surface area contributed by atoms with E-state index in [-0.39, 0.29) is 5.78 Å². The van der Waals surface area contributed by atoms with Crippen LogP contribution in [-0.2, 0) is 7.05 Å². The van der Waals surface area contributed by atoms with Crippen molar-refractivity contribution in [2.24, 2.45) is 7.05 Å². The van der Waals surface area contributed by atoms with Crippen molar-refractivity contribution >= 4 is 16.8 Å². The fraction of sp³-hybridized carbons (Fsp3) is 0.143. The van der Waals surface area contributed by atoms with Crippen molar-refractivity contribution in [2.75, 3.05) is 7.11 Å². The van der Waals surface area contributed by atoms with Crippen molar-refractivity contribution < 1.29 is 9.53 Å². The van der Waals surface area contributed by atoms with E-state index in [1.54, 1.807) is 49.3 Å². The number of ketones is 1. The maximum Gasteiger partial charge on any atom is 0.212 e. The topological polar surface area (TPSA) is 69.9 Å². The van der Waals surface area contributed by atoms with E-state index in [1.807, 2.05) is 0 Å². The van der Waals surface area contributed by atoms with E-state index >= 15 is 0 Å². The normalized spacial score (nSPS) is 10.7. The van der Waals surface area contributed by atoms with Gasteiger partial charge in [-0.25, -0.2) is 9.97 Å². The maximum absolute atomic E-state index is 12.5. The molecular formula is C14H12N4O2. The summed E-state index contributed by atoms with van der Waals surface area (Å²) in [6.07, 6.45) is 2.98. The summed E-state index contributed by atoms with van der Waals surface area (Å²) in [5.41, 5.74) is 1.54. The average molecular weight is 268 g/mol. The SMILES string of the molecule is COc1ccc(C(=O)c2ncnc3c2cnn3C)cc1. The van der Waals surface area contributed by atoms with Gasteiger partial charge in [-0.05, 0) is 24.3 Å². The Morgan fingerprint density at radius 2 is 1.95 bits per heavy atom. The van der Waals surface area contributed by atoms with Crippen LogP contribution in [0.15, 0.2) is 36.8 Å². The molecule has 0 atom stereocenters. The van der Waals surface area contributed by atoms with Gasteiger partial charge in [-0.15, -0.1) is 0 Å². The molecule has 0 aliphatic carbocycles. The maximum atomic E-state index is 12.5. The number of fused-ring (bicyclic) bond motifs is 1. The first kappa shape index (κ1) is 12.3. The van der Waals surface area contributed by atoms with Crippen LogP contribution in [0.2, 0.25) is 0 Å². The Hall–Kier alpha value is -2.76. The van der Waals surface area contributed by atoms with Crippen LogP contribution in [0, 0.1) is 0 Å². The number of hydrogen-bond acceptors (Lipinski definition) is 5.